The van der Waals surface area contributed by atoms with Crippen LogP contribution in [-0.4, -0.2) is 39.4 Å². The van der Waals surface area contributed by atoms with Crippen LogP contribution in [0.2, 0.25) is 0 Å². The Kier molecular flexibility index (Phi) is 3.92. The van der Waals surface area contributed by atoms with E-state index in [1.165, 1.54) is 17.8 Å². The Morgan fingerprint density at radius 2 is 2.33 bits per heavy atom. The molecule has 0 bridgehead atoms. The van der Waals surface area contributed by atoms with Crippen LogP contribution in [0.15, 0.2) is 18.6 Å². The first kappa shape index (κ1) is 15.8. The highest BCUT2D eigenvalue weighted by atomic mass is 32.1. The van der Waals surface area contributed by atoms with Crippen LogP contribution < -0.4 is 5.32 Å². The van der Waals surface area contributed by atoms with Gasteiger partial charge in [-0.05, 0) is 26.2 Å². The van der Waals surface area contributed by atoms with E-state index in [1.807, 2.05) is 20.2 Å². The van der Waals surface area contributed by atoms with Gasteiger partial charge in [-0.3, -0.25) is 9.48 Å². The van der Waals surface area contributed by atoms with Crippen LogP contribution >= 0.6 is 11.3 Å². The number of carbonyl (C=O) groups is 1. The minimum absolute atomic E-state index is 0.0196. The molecule has 0 unspecified atom stereocenters. The van der Waals surface area contributed by atoms with E-state index in [1.54, 1.807) is 17.1 Å². The van der Waals surface area contributed by atoms with Crippen molar-refractivity contribution >= 4 is 17.2 Å². The summed E-state index contributed by atoms with van der Waals surface area (Å²) in [7, 11) is 1.87. The third-order valence-corrected chi connectivity index (χ3v) is 6.47. The molecule has 4 rings (SSSR count). The van der Waals surface area contributed by atoms with E-state index in [0.29, 0.717) is 11.0 Å². The van der Waals surface area contributed by atoms with Crippen LogP contribution in [0.4, 0.5) is 0 Å². The third kappa shape index (κ3) is 2.46. The number of carbonyl (C=O) groups excluding carboxylic acids is 1. The van der Waals surface area contributed by atoms with Gasteiger partial charge in [-0.2, -0.15) is 5.10 Å². The number of ether oxygens (including phenoxy) is 1. The standard InChI is InChI=1S/C17H22N4O2S/c1-3-23-14-7-13(17(14)5-4-6-17)20-15(22)12-9-18-16(24-12)11-8-19-21(2)10-11/h8-10,13-14H,3-7H2,1-2H3,(H,20,22)/t13-,14-/m0/s1. The van der Waals surface area contributed by atoms with Gasteiger partial charge < -0.3 is 10.1 Å². The first-order valence-corrected chi connectivity index (χ1v) is 9.31. The predicted molar refractivity (Wildman–Crippen MR) is 91.9 cm³/mol. The summed E-state index contributed by atoms with van der Waals surface area (Å²) >= 11 is 1.41. The molecule has 7 heteroatoms. The van der Waals surface area contributed by atoms with Crippen LogP contribution in [0, 0.1) is 5.41 Å². The average Bonchev–Trinajstić information content (AvgIpc) is 3.12. The molecular formula is C17H22N4O2S. The van der Waals surface area contributed by atoms with Crippen molar-refractivity contribution in [2.75, 3.05) is 6.61 Å². The Balaban J connectivity index is 1.43. The largest absolute Gasteiger partial charge is 0.378 e. The highest BCUT2D eigenvalue weighted by Crippen LogP contribution is 2.57. The lowest BCUT2D eigenvalue weighted by Gasteiger charge is -2.60. The molecule has 0 aliphatic heterocycles. The van der Waals surface area contributed by atoms with Gasteiger partial charge in [0.25, 0.3) is 5.91 Å². The molecule has 0 radical (unpaired) electrons. The zero-order valence-corrected chi connectivity index (χ0v) is 14.8. The van der Waals surface area contributed by atoms with Crippen molar-refractivity contribution in [3.63, 3.8) is 0 Å². The Labute approximate surface area is 145 Å². The highest BCUT2D eigenvalue weighted by molar-refractivity contribution is 7.16. The second-order valence-electron chi connectivity index (χ2n) is 6.72. The lowest BCUT2D eigenvalue weighted by atomic mass is 9.51. The van der Waals surface area contributed by atoms with Crippen LogP contribution in [0.1, 0.15) is 42.3 Å². The monoisotopic (exact) mass is 346 g/mol. The molecule has 2 atom stereocenters. The van der Waals surface area contributed by atoms with Crippen LogP contribution in [-0.2, 0) is 11.8 Å². The van der Waals surface area contributed by atoms with Gasteiger partial charge in [-0.15, -0.1) is 11.3 Å². The van der Waals surface area contributed by atoms with Gasteiger partial charge in [0, 0.05) is 36.9 Å². The van der Waals surface area contributed by atoms with Crippen molar-refractivity contribution in [3.8, 4) is 10.6 Å². The van der Waals surface area contributed by atoms with Crippen molar-refractivity contribution in [2.24, 2.45) is 12.5 Å². The van der Waals surface area contributed by atoms with Crippen LogP contribution in [0.25, 0.3) is 10.6 Å². The first-order valence-electron chi connectivity index (χ1n) is 8.49. The topological polar surface area (TPSA) is 69.0 Å². The Morgan fingerprint density at radius 3 is 2.96 bits per heavy atom. The molecule has 6 nitrogen and oxygen atoms in total. The molecule has 2 fully saturated rings. The number of aryl methyl sites for hydroxylation is 1. The molecule has 1 amide bonds. The fraction of sp³-hybridized carbons (Fsp3) is 0.588. The maximum Gasteiger partial charge on any atom is 0.263 e. The van der Waals surface area contributed by atoms with E-state index in [2.05, 4.69) is 15.4 Å². The lowest BCUT2D eigenvalue weighted by Crippen LogP contribution is -2.67. The summed E-state index contributed by atoms with van der Waals surface area (Å²) in [6.07, 6.45) is 10.1. The minimum atomic E-state index is -0.0196. The van der Waals surface area contributed by atoms with Gasteiger partial charge >= 0.3 is 0 Å². The van der Waals surface area contributed by atoms with Crippen LogP contribution in [0.5, 0.6) is 0 Å². The zero-order chi connectivity index (χ0) is 16.7. The highest BCUT2D eigenvalue weighted by Gasteiger charge is 2.59. The Bertz CT molecular complexity index is 749. The molecule has 2 heterocycles. The van der Waals surface area contributed by atoms with E-state index in [4.69, 9.17) is 4.74 Å². The number of aromatic nitrogens is 3. The lowest BCUT2D eigenvalue weighted by molar-refractivity contribution is -0.169. The molecule has 128 valence electrons. The maximum atomic E-state index is 12.6. The summed E-state index contributed by atoms with van der Waals surface area (Å²) in [5.74, 6) is -0.0196. The second kappa shape index (κ2) is 5.97. The number of nitrogens with one attached hydrogen (secondary N) is 1. The van der Waals surface area contributed by atoms with Crippen molar-refractivity contribution < 1.29 is 9.53 Å². The van der Waals surface area contributed by atoms with Gasteiger partial charge in [0.15, 0.2) is 0 Å². The van der Waals surface area contributed by atoms with Crippen molar-refractivity contribution in [1.82, 2.24) is 20.1 Å². The second-order valence-corrected chi connectivity index (χ2v) is 7.76. The van der Waals surface area contributed by atoms with Gasteiger partial charge in [-0.25, -0.2) is 4.98 Å². The number of amides is 1. The molecule has 2 saturated carbocycles. The van der Waals surface area contributed by atoms with E-state index in [0.717, 1.165) is 36.4 Å². The fourth-order valence-corrected chi connectivity index (χ4v) is 4.71. The molecule has 0 aromatic carbocycles. The number of hydrogen-bond donors (Lipinski definition) is 1. The average molecular weight is 346 g/mol. The SMILES string of the molecule is CCO[C@H]1C[C@H](NC(=O)c2cnc(-c3cnn(C)c3)s2)C12CCC2. The van der Waals surface area contributed by atoms with E-state index < -0.39 is 0 Å². The molecule has 2 aromatic rings. The molecule has 0 saturated heterocycles. The number of thiazole rings is 1. The zero-order valence-electron chi connectivity index (χ0n) is 14.0. The summed E-state index contributed by atoms with van der Waals surface area (Å²) in [5.41, 5.74) is 1.12. The molecule has 1 spiro atoms. The first-order chi connectivity index (χ1) is 11.6. The summed E-state index contributed by atoms with van der Waals surface area (Å²) in [6, 6.07) is 0.235. The third-order valence-electron chi connectivity index (χ3n) is 5.42. The van der Waals surface area contributed by atoms with Gasteiger partial charge in [-0.1, -0.05) is 6.42 Å². The summed E-state index contributed by atoms with van der Waals surface area (Å²) in [5, 5.41) is 8.19. The Morgan fingerprint density at radius 1 is 1.50 bits per heavy atom. The molecule has 24 heavy (non-hydrogen) atoms. The van der Waals surface area contributed by atoms with Crippen molar-refractivity contribution in [2.45, 2.75) is 44.8 Å². The van der Waals surface area contributed by atoms with Gasteiger partial charge in [0.05, 0.1) is 18.5 Å². The Hall–Kier alpha value is -1.73. The van der Waals surface area contributed by atoms with Crippen molar-refractivity contribution in [1.29, 1.82) is 0 Å². The number of nitrogens with zero attached hydrogens (tertiary/aromatic N) is 3. The normalized spacial score (nSPS) is 24.4. The predicted octanol–water partition coefficient (Wildman–Crippen LogP) is 2.62. The molecular weight excluding hydrogens is 324 g/mol. The van der Waals surface area contributed by atoms with Gasteiger partial charge in [0.1, 0.15) is 9.88 Å². The van der Waals surface area contributed by atoms with Crippen LogP contribution in [0.3, 0.4) is 0 Å². The molecule has 2 aliphatic carbocycles. The summed E-state index contributed by atoms with van der Waals surface area (Å²) < 4.78 is 7.58. The van der Waals surface area contributed by atoms with E-state index in [9.17, 15) is 4.79 Å². The molecule has 2 aromatic heterocycles. The van der Waals surface area contributed by atoms with E-state index >= 15 is 0 Å². The smallest absolute Gasteiger partial charge is 0.263 e. The number of hydrogen-bond acceptors (Lipinski definition) is 5. The summed E-state index contributed by atoms with van der Waals surface area (Å²) in [4.78, 5) is 17.6. The van der Waals surface area contributed by atoms with Crippen molar-refractivity contribution in [3.05, 3.63) is 23.5 Å². The quantitative estimate of drug-likeness (QED) is 0.903. The molecule has 1 N–H and O–H groups in total. The molecule has 2 aliphatic rings. The number of rotatable bonds is 5. The fourth-order valence-electron chi connectivity index (χ4n) is 3.91. The maximum absolute atomic E-state index is 12.6. The van der Waals surface area contributed by atoms with E-state index in [-0.39, 0.29) is 17.4 Å². The minimum Gasteiger partial charge on any atom is -0.378 e. The summed E-state index contributed by atoms with van der Waals surface area (Å²) in [6.45, 7) is 2.78. The van der Waals surface area contributed by atoms with Gasteiger partial charge in [0.2, 0.25) is 0 Å².